The summed E-state index contributed by atoms with van der Waals surface area (Å²) < 4.78 is 26.4. The Kier molecular flexibility index (Phi) is 5.24. The molecule has 0 bridgehead atoms. The second-order valence-electron chi connectivity index (χ2n) is 7.12. The first-order chi connectivity index (χ1) is 11.9. The molecule has 1 aromatic rings. The predicted molar refractivity (Wildman–Crippen MR) is 96.1 cm³/mol. The number of hydrogen-bond acceptors (Lipinski definition) is 4. The summed E-state index contributed by atoms with van der Waals surface area (Å²) in [4.78, 5) is 18.3. The minimum Gasteiger partial charge on any atom is -0.338 e. The molecule has 2 aliphatic rings. The molecule has 1 atom stereocenters. The summed E-state index contributed by atoms with van der Waals surface area (Å²) in [5.41, 5.74) is 0.864. The number of aromatic nitrogens is 1. The van der Waals surface area contributed by atoms with E-state index in [4.69, 9.17) is 0 Å². The Labute approximate surface area is 149 Å². The molecule has 1 amide bonds. The van der Waals surface area contributed by atoms with Gasteiger partial charge < -0.3 is 4.90 Å². The second-order valence-corrected chi connectivity index (χ2v) is 9.13. The van der Waals surface area contributed by atoms with Crippen LogP contribution in [0.15, 0.2) is 37.2 Å². The van der Waals surface area contributed by atoms with Gasteiger partial charge in [-0.25, -0.2) is 12.7 Å². The van der Waals surface area contributed by atoms with Crippen LogP contribution in [0.4, 0.5) is 0 Å². The molecule has 0 aliphatic carbocycles. The fourth-order valence-corrected chi connectivity index (χ4v) is 5.33. The number of amides is 1. The summed E-state index contributed by atoms with van der Waals surface area (Å²) in [6.45, 7) is 5.76. The Morgan fingerprint density at radius 1 is 1.32 bits per heavy atom. The quantitative estimate of drug-likeness (QED) is 0.748. The molecule has 0 saturated carbocycles. The Morgan fingerprint density at radius 3 is 2.88 bits per heavy atom. The summed E-state index contributed by atoms with van der Waals surface area (Å²) in [6.07, 6.45) is 7.97. The molecule has 6 nitrogen and oxygen atoms in total. The fourth-order valence-electron chi connectivity index (χ4n) is 3.95. The maximum Gasteiger partial charge on any atom is 0.222 e. The van der Waals surface area contributed by atoms with Gasteiger partial charge in [-0.2, -0.15) is 0 Å². The highest BCUT2D eigenvalue weighted by atomic mass is 32.2. The fraction of sp³-hybridized carbons (Fsp3) is 0.556. The largest absolute Gasteiger partial charge is 0.338 e. The molecule has 3 rings (SSSR count). The van der Waals surface area contributed by atoms with Crippen LogP contribution in [0.1, 0.15) is 31.2 Å². The van der Waals surface area contributed by atoms with Crippen LogP contribution in [0.5, 0.6) is 0 Å². The van der Waals surface area contributed by atoms with Gasteiger partial charge in [-0.15, -0.1) is 6.58 Å². The van der Waals surface area contributed by atoms with Crippen molar-refractivity contribution in [1.82, 2.24) is 14.2 Å². The van der Waals surface area contributed by atoms with Crippen molar-refractivity contribution >= 4 is 15.9 Å². The zero-order chi connectivity index (χ0) is 17.9. The lowest BCUT2D eigenvalue weighted by molar-refractivity contribution is -0.139. The highest BCUT2D eigenvalue weighted by molar-refractivity contribution is 7.89. The van der Waals surface area contributed by atoms with Crippen molar-refractivity contribution in [3.8, 4) is 0 Å². The van der Waals surface area contributed by atoms with E-state index in [0.29, 0.717) is 32.6 Å². The summed E-state index contributed by atoms with van der Waals surface area (Å²) in [7, 11) is -3.30. The van der Waals surface area contributed by atoms with Crippen molar-refractivity contribution in [3.05, 3.63) is 42.7 Å². The Hall–Kier alpha value is -1.73. The van der Waals surface area contributed by atoms with Crippen molar-refractivity contribution in [1.29, 1.82) is 0 Å². The molecule has 7 heteroatoms. The maximum absolute atomic E-state index is 12.4. The van der Waals surface area contributed by atoms with Crippen LogP contribution in [0, 0.1) is 5.41 Å². The van der Waals surface area contributed by atoms with E-state index in [1.807, 2.05) is 17.0 Å². The summed E-state index contributed by atoms with van der Waals surface area (Å²) in [5.74, 6) is 0.113. The van der Waals surface area contributed by atoms with Crippen LogP contribution in [-0.4, -0.2) is 53.9 Å². The number of nitrogens with zero attached hydrogens (tertiary/aromatic N) is 3. The molecule has 3 heterocycles. The SMILES string of the molecule is C=CCS(=O)(=O)N1CCC[C@@]2(CCC(=O)N(Cc3cccnc3)C2)C1. The first-order valence-electron chi connectivity index (χ1n) is 8.70. The van der Waals surface area contributed by atoms with Gasteiger partial charge in [0.05, 0.1) is 5.75 Å². The third-order valence-corrected chi connectivity index (χ3v) is 6.95. The van der Waals surface area contributed by atoms with Crippen LogP contribution < -0.4 is 0 Å². The van der Waals surface area contributed by atoms with Gasteiger partial charge in [0.25, 0.3) is 0 Å². The van der Waals surface area contributed by atoms with Gasteiger partial charge in [0, 0.05) is 50.4 Å². The molecule has 1 aromatic heterocycles. The van der Waals surface area contributed by atoms with Crippen molar-refractivity contribution < 1.29 is 13.2 Å². The monoisotopic (exact) mass is 363 g/mol. The molecule has 136 valence electrons. The molecule has 0 radical (unpaired) electrons. The summed E-state index contributed by atoms with van der Waals surface area (Å²) >= 11 is 0. The molecular weight excluding hydrogens is 338 g/mol. The van der Waals surface area contributed by atoms with E-state index >= 15 is 0 Å². The third-order valence-electron chi connectivity index (χ3n) is 5.19. The third kappa shape index (κ3) is 4.10. The lowest BCUT2D eigenvalue weighted by atomic mass is 9.74. The van der Waals surface area contributed by atoms with Gasteiger partial charge in [-0.1, -0.05) is 12.1 Å². The minimum atomic E-state index is -3.30. The average Bonchev–Trinajstić information content (AvgIpc) is 2.59. The van der Waals surface area contributed by atoms with Crippen molar-refractivity contribution in [2.45, 2.75) is 32.2 Å². The molecule has 0 aromatic carbocycles. The minimum absolute atomic E-state index is 0.0264. The molecule has 2 saturated heterocycles. The van der Waals surface area contributed by atoms with E-state index in [-0.39, 0.29) is 17.1 Å². The molecule has 0 N–H and O–H groups in total. The van der Waals surface area contributed by atoms with E-state index in [9.17, 15) is 13.2 Å². The van der Waals surface area contributed by atoms with Crippen LogP contribution in [-0.2, 0) is 21.4 Å². The molecule has 0 unspecified atom stereocenters. The van der Waals surface area contributed by atoms with E-state index in [1.165, 1.54) is 6.08 Å². The zero-order valence-corrected chi connectivity index (χ0v) is 15.2. The zero-order valence-electron chi connectivity index (χ0n) is 14.4. The number of hydrogen-bond donors (Lipinski definition) is 0. The molecule has 1 spiro atoms. The number of rotatable bonds is 5. The van der Waals surface area contributed by atoms with E-state index < -0.39 is 10.0 Å². The standard InChI is InChI=1S/C18H25N3O3S/c1-2-11-25(23,24)21-10-4-7-18(15-21)8-6-17(22)20(14-18)13-16-5-3-9-19-12-16/h2-3,5,9,12H,1,4,6-8,10-11,13-15H2/t18-/m0/s1. The number of likely N-dealkylation sites (tertiary alicyclic amines) is 1. The number of carbonyl (C=O) groups is 1. The van der Waals surface area contributed by atoms with Gasteiger partial charge in [0.15, 0.2) is 0 Å². The van der Waals surface area contributed by atoms with Gasteiger partial charge >= 0.3 is 0 Å². The highest BCUT2D eigenvalue weighted by Crippen LogP contribution is 2.40. The first-order valence-corrected chi connectivity index (χ1v) is 10.3. The first kappa shape index (κ1) is 18.1. The van der Waals surface area contributed by atoms with Crippen LogP contribution in [0.25, 0.3) is 0 Å². The van der Waals surface area contributed by atoms with Crippen LogP contribution in [0.3, 0.4) is 0 Å². The smallest absolute Gasteiger partial charge is 0.222 e. The van der Waals surface area contributed by atoms with Crippen LogP contribution >= 0.6 is 0 Å². The van der Waals surface area contributed by atoms with Crippen molar-refractivity contribution in [3.63, 3.8) is 0 Å². The molecule has 2 aliphatic heterocycles. The number of pyridine rings is 1. The van der Waals surface area contributed by atoms with E-state index in [2.05, 4.69) is 11.6 Å². The highest BCUT2D eigenvalue weighted by Gasteiger charge is 2.43. The average molecular weight is 363 g/mol. The molecule has 2 fully saturated rings. The lowest BCUT2D eigenvalue weighted by Gasteiger charge is -2.47. The topological polar surface area (TPSA) is 70.6 Å². The number of carbonyl (C=O) groups excluding carboxylic acids is 1. The number of sulfonamides is 1. The summed E-state index contributed by atoms with van der Waals surface area (Å²) in [5, 5.41) is 0. The maximum atomic E-state index is 12.4. The molecule has 25 heavy (non-hydrogen) atoms. The van der Waals surface area contributed by atoms with E-state index in [0.717, 1.165) is 24.8 Å². The van der Waals surface area contributed by atoms with Crippen LogP contribution in [0.2, 0.25) is 0 Å². The van der Waals surface area contributed by atoms with Gasteiger partial charge in [-0.05, 0) is 30.9 Å². The van der Waals surface area contributed by atoms with E-state index in [1.54, 1.807) is 16.7 Å². The number of piperidine rings is 2. The van der Waals surface area contributed by atoms with Crippen molar-refractivity contribution in [2.24, 2.45) is 5.41 Å². The molecular formula is C18H25N3O3S. The van der Waals surface area contributed by atoms with Gasteiger partial charge in [0.1, 0.15) is 0 Å². The van der Waals surface area contributed by atoms with Gasteiger partial charge in [-0.3, -0.25) is 9.78 Å². The Bertz CT molecular complexity index is 735. The summed E-state index contributed by atoms with van der Waals surface area (Å²) in [6, 6.07) is 3.83. The Morgan fingerprint density at radius 2 is 2.16 bits per heavy atom. The van der Waals surface area contributed by atoms with Gasteiger partial charge in [0.2, 0.25) is 15.9 Å². The normalized spacial score (nSPS) is 25.3. The van der Waals surface area contributed by atoms with Crippen molar-refractivity contribution in [2.75, 3.05) is 25.4 Å². The Balaban J connectivity index is 1.74. The second kappa shape index (κ2) is 7.25. The lowest BCUT2D eigenvalue weighted by Crippen LogP contribution is -2.55. The predicted octanol–water partition coefficient (Wildman–Crippen LogP) is 1.80.